The lowest BCUT2D eigenvalue weighted by molar-refractivity contribution is 0.128. The van der Waals surface area contributed by atoms with Gasteiger partial charge >= 0.3 is 0 Å². The van der Waals surface area contributed by atoms with Crippen LogP contribution in [0.5, 0.6) is 0 Å². The Kier molecular flexibility index (Phi) is 6.20. The highest BCUT2D eigenvalue weighted by molar-refractivity contribution is 7.89. The van der Waals surface area contributed by atoms with E-state index in [0.29, 0.717) is 17.0 Å². The summed E-state index contributed by atoms with van der Waals surface area (Å²) in [7, 11) is 0.180. The highest BCUT2D eigenvalue weighted by atomic mass is 35.5. The van der Waals surface area contributed by atoms with E-state index in [-0.39, 0.29) is 4.90 Å². The maximum absolute atomic E-state index is 13.3. The molecule has 2 aliphatic heterocycles. The molecule has 0 bridgehead atoms. The summed E-state index contributed by atoms with van der Waals surface area (Å²) in [6.07, 6.45) is 3.64. The zero-order chi connectivity index (χ0) is 23.2. The number of sulfonamides is 1. The van der Waals surface area contributed by atoms with Crippen molar-refractivity contribution >= 4 is 48.7 Å². The molecule has 5 nitrogen and oxygen atoms in total. The van der Waals surface area contributed by atoms with Gasteiger partial charge in [-0.15, -0.1) is 11.3 Å². The van der Waals surface area contributed by atoms with Gasteiger partial charge in [-0.2, -0.15) is 4.31 Å². The summed E-state index contributed by atoms with van der Waals surface area (Å²) in [6, 6.07) is 13.3. The Morgan fingerprint density at radius 1 is 1.12 bits per heavy atom. The lowest BCUT2D eigenvalue weighted by Gasteiger charge is -2.38. The van der Waals surface area contributed by atoms with Gasteiger partial charge in [0.05, 0.1) is 15.6 Å². The number of likely N-dealkylation sites (tertiary alicyclic amines) is 1. The largest absolute Gasteiger partial charge is 0.370 e. The fourth-order valence-electron chi connectivity index (χ4n) is 5.49. The molecular formula is C25H30ClN3O2S2. The number of thiophene rings is 1. The normalized spacial score (nSPS) is 22.1. The molecular weight excluding hydrogens is 474 g/mol. The molecule has 5 rings (SSSR count). The maximum atomic E-state index is 13.3. The van der Waals surface area contributed by atoms with Gasteiger partial charge in [-0.25, -0.2) is 8.42 Å². The van der Waals surface area contributed by atoms with E-state index in [2.05, 4.69) is 22.9 Å². The van der Waals surface area contributed by atoms with E-state index in [1.165, 1.54) is 28.4 Å². The minimum absolute atomic E-state index is 0.240. The summed E-state index contributed by atoms with van der Waals surface area (Å²) < 4.78 is 29.2. The molecule has 1 spiro atoms. The minimum atomic E-state index is -3.65. The number of anilines is 1. The average molecular weight is 504 g/mol. The van der Waals surface area contributed by atoms with Crippen LogP contribution in [0.3, 0.4) is 0 Å². The van der Waals surface area contributed by atoms with Gasteiger partial charge in [0.25, 0.3) is 0 Å². The monoisotopic (exact) mass is 503 g/mol. The summed E-state index contributed by atoms with van der Waals surface area (Å²) >= 11 is 8.30. The molecule has 3 heterocycles. The molecule has 0 N–H and O–H groups in total. The Balaban J connectivity index is 1.34. The van der Waals surface area contributed by atoms with Gasteiger partial charge in [0.2, 0.25) is 10.0 Å². The van der Waals surface area contributed by atoms with Crippen LogP contribution in [0, 0.1) is 5.41 Å². The summed E-state index contributed by atoms with van der Waals surface area (Å²) in [4.78, 5) is 5.00. The third-order valence-electron chi connectivity index (χ3n) is 7.21. The lowest BCUT2D eigenvalue weighted by Crippen LogP contribution is -2.42. The molecule has 2 aliphatic rings. The standard InChI is InChI=1S/C25H30ClN3O2S2/c1-27-12-5-10-25(17-27)11-13-29(18-25)23-9-8-20(14-22(23)26)33(30,31)28(2)15-19-16-32-24-7-4-3-6-21(19)24/h3-4,6-9,14,16H,5,10-13,15,17-18H2,1-2H3. The SMILES string of the molecule is CN1CCCC2(CCN(c3ccc(S(=O)(=O)N(C)Cc4csc5ccccc45)cc3Cl)C2)C1. The first-order valence-corrected chi connectivity index (χ1v) is 14.1. The quantitative estimate of drug-likeness (QED) is 0.474. The Labute approximate surface area is 205 Å². The first-order valence-electron chi connectivity index (χ1n) is 11.4. The zero-order valence-corrected chi connectivity index (χ0v) is 21.5. The van der Waals surface area contributed by atoms with E-state index < -0.39 is 10.0 Å². The van der Waals surface area contributed by atoms with Crippen LogP contribution in [-0.2, 0) is 16.6 Å². The van der Waals surface area contributed by atoms with E-state index >= 15 is 0 Å². The fraction of sp³-hybridized carbons (Fsp3) is 0.440. The van der Waals surface area contributed by atoms with Crippen LogP contribution in [0.25, 0.3) is 10.1 Å². The predicted octanol–water partition coefficient (Wildman–Crippen LogP) is 5.30. The number of halogens is 1. The molecule has 1 atom stereocenters. The average Bonchev–Trinajstić information content (AvgIpc) is 3.38. The van der Waals surface area contributed by atoms with E-state index in [1.54, 1.807) is 30.5 Å². The fourth-order valence-corrected chi connectivity index (χ4v) is 7.99. The molecule has 176 valence electrons. The molecule has 0 radical (unpaired) electrons. The maximum Gasteiger partial charge on any atom is 0.243 e. The summed E-state index contributed by atoms with van der Waals surface area (Å²) in [5.41, 5.74) is 2.28. The van der Waals surface area contributed by atoms with Crippen molar-refractivity contribution in [2.24, 2.45) is 5.41 Å². The smallest absolute Gasteiger partial charge is 0.243 e. The number of hydrogen-bond acceptors (Lipinski definition) is 5. The van der Waals surface area contributed by atoms with Crippen molar-refractivity contribution in [2.45, 2.75) is 30.7 Å². The first kappa shape index (κ1) is 23.1. The number of nitrogens with zero attached hydrogens (tertiary/aromatic N) is 3. The van der Waals surface area contributed by atoms with E-state index in [9.17, 15) is 8.42 Å². The Morgan fingerprint density at radius 2 is 1.94 bits per heavy atom. The van der Waals surface area contributed by atoms with Gasteiger partial charge in [-0.05, 0) is 73.5 Å². The van der Waals surface area contributed by atoms with Gasteiger partial charge in [0.1, 0.15) is 0 Å². The Morgan fingerprint density at radius 3 is 2.73 bits per heavy atom. The van der Waals surface area contributed by atoms with Crippen molar-refractivity contribution in [3.05, 3.63) is 58.4 Å². The zero-order valence-electron chi connectivity index (χ0n) is 19.1. The third kappa shape index (κ3) is 4.42. The molecule has 0 amide bonds. The van der Waals surface area contributed by atoms with Crippen molar-refractivity contribution in [3.8, 4) is 0 Å². The number of hydrogen-bond donors (Lipinski definition) is 0. The molecule has 2 saturated heterocycles. The molecule has 33 heavy (non-hydrogen) atoms. The van der Waals surface area contributed by atoms with Crippen LogP contribution in [-0.4, -0.2) is 57.9 Å². The van der Waals surface area contributed by atoms with Gasteiger partial charge in [0, 0.05) is 43.3 Å². The topological polar surface area (TPSA) is 43.9 Å². The molecule has 2 aromatic carbocycles. The molecule has 1 aromatic heterocycles. The molecule has 2 fully saturated rings. The summed E-state index contributed by atoms with van der Waals surface area (Å²) in [6.45, 7) is 4.56. The second kappa shape index (κ2) is 8.86. The van der Waals surface area contributed by atoms with Crippen molar-refractivity contribution in [2.75, 3.05) is 45.2 Å². The number of fused-ring (bicyclic) bond motifs is 1. The third-order valence-corrected chi connectivity index (χ3v) is 10.3. The highest BCUT2D eigenvalue weighted by Crippen LogP contribution is 2.42. The molecule has 1 unspecified atom stereocenters. The summed E-state index contributed by atoms with van der Waals surface area (Å²) in [5, 5.41) is 3.65. The van der Waals surface area contributed by atoms with Crippen LogP contribution in [0.15, 0.2) is 52.7 Å². The molecule has 0 saturated carbocycles. The second-order valence-corrected chi connectivity index (χ2v) is 13.0. The van der Waals surface area contributed by atoms with Gasteiger partial charge < -0.3 is 9.80 Å². The van der Waals surface area contributed by atoms with Crippen molar-refractivity contribution in [1.82, 2.24) is 9.21 Å². The van der Waals surface area contributed by atoms with Gasteiger partial charge in [-0.1, -0.05) is 29.8 Å². The van der Waals surface area contributed by atoms with E-state index in [4.69, 9.17) is 11.6 Å². The second-order valence-electron chi connectivity index (χ2n) is 9.64. The summed E-state index contributed by atoms with van der Waals surface area (Å²) in [5.74, 6) is 0. The van der Waals surface area contributed by atoms with Gasteiger partial charge in [0.15, 0.2) is 0 Å². The molecule has 3 aromatic rings. The number of rotatable bonds is 5. The molecule has 0 aliphatic carbocycles. The Hall–Kier alpha value is -1.64. The van der Waals surface area contributed by atoms with Crippen LogP contribution in [0.2, 0.25) is 5.02 Å². The Bertz CT molecular complexity index is 1280. The first-order chi connectivity index (χ1) is 15.8. The minimum Gasteiger partial charge on any atom is -0.370 e. The van der Waals surface area contributed by atoms with Crippen LogP contribution in [0.1, 0.15) is 24.8 Å². The number of piperidine rings is 1. The van der Waals surface area contributed by atoms with E-state index in [0.717, 1.165) is 42.7 Å². The van der Waals surface area contributed by atoms with Crippen LogP contribution >= 0.6 is 22.9 Å². The van der Waals surface area contributed by atoms with Crippen LogP contribution < -0.4 is 4.90 Å². The van der Waals surface area contributed by atoms with Crippen molar-refractivity contribution in [3.63, 3.8) is 0 Å². The predicted molar refractivity (Wildman–Crippen MR) is 138 cm³/mol. The molecule has 8 heteroatoms. The van der Waals surface area contributed by atoms with Crippen molar-refractivity contribution in [1.29, 1.82) is 0 Å². The number of benzene rings is 2. The van der Waals surface area contributed by atoms with E-state index in [1.807, 2.05) is 29.6 Å². The highest BCUT2D eigenvalue weighted by Gasteiger charge is 2.41. The lowest BCUT2D eigenvalue weighted by atomic mass is 9.79. The van der Waals surface area contributed by atoms with Crippen LogP contribution in [0.4, 0.5) is 5.69 Å². The van der Waals surface area contributed by atoms with Crippen molar-refractivity contribution < 1.29 is 8.42 Å². The van der Waals surface area contributed by atoms with Gasteiger partial charge in [-0.3, -0.25) is 0 Å².